The summed E-state index contributed by atoms with van der Waals surface area (Å²) in [6.45, 7) is -0.296. The largest absolute Gasteiger partial charge is 0.497 e. The molecule has 3 fully saturated rings. The molecule has 65 heavy (non-hydrogen) atoms. The molecular weight excluding hydrogens is 869 g/mol. The minimum absolute atomic E-state index is 0.0305. The molecule has 0 aromatic heterocycles. The van der Waals surface area contributed by atoms with E-state index in [0.29, 0.717) is 44.8 Å². The van der Waals surface area contributed by atoms with E-state index in [0.717, 1.165) is 21.7 Å². The summed E-state index contributed by atoms with van der Waals surface area (Å²) in [5.41, 5.74) is 5.68. The van der Waals surface area contributed by atoms with Crippen molar-refractivity contribution in [2.24, 2.45) is 23.7 Å². The van der Waals surface area contributed by atoms with E-state index in [-0.39, 0.29) is 48.6 Å². The summed E-state index contributed by atoms with van der Waals surface area (Å²) in [7, 11) is 4.74. The number of ether oxygens (including phenoxy) is 4. The van der Waals surface area contributed by atoms with Gasteiger partial charge < -0.3 is 24.1 Å². The fourth-order valence-electron chi connectivity index (χ4n) is 10.3. The van der Waals surface area contributed by atoms with Crippen molar-refractivity contribution in [1.82, 2.24) is 5.01 Å². The maximum Gasteiger partial charge on any atom is 0.260 e. The number of benzene rings is 5. The Morgan fingerprint density at radius 3 is 2.22 bits per heavy atom. The van der Waals surface area contributed by atoms with Gasteiger partial charge in [0.05, 0.1) is 67.5 Å². The summed E-state index contributed by atoms with van der Waals surface area (Å²) in [6, 6.07) is 31.7. The first-order chi connectivity index (χ1) is 31.5. The number of hydrogen-bond acceptors (Lipinski definition) is 10. The van der Waals surface area contributed by atoms with Crippen LogP contribution >= 0.6 is 23.2 Å². The van der Waals surface area contributed by atoms with E-state index in [1.54, 1.807) is 82.0 Å². The van der Waals surface area contributed by atoms with Crippen LogP contribution in [0, 0.1) is 23.7 Å². The highest BCUT2D eigenvalue weighted by atomic mass is 35.5. The maximum atomic E-state index is 15.7. The molecule has 4 amide bonds. The normalized spacial score (nSPS) is 23.5. The van der Waals surface area contributed by atoms with Gasteiger partial charge in [0.1, 0.15) is 29.6 Å². The molecule has 0 radical (unpaired) electrons. The Morgan fingerprint density at radius 1 is 0.769 bits per heavy atom. The van der Waals surface area contributed by atoms with Crippen LogP contribution in [0.5, 0.6) is 23.0 Å². The monoisotopic (exact) mass is 913 g/mol. The van der Waals surface area contributed by atoms with Gasteiger partial charge in [-0.1, -0.05) is 89.5 Å². The average molecular weight is 915 g/mol. The Balaban J connectivity index is 1.13. The number of carbonyl (C=O) groups excluding carboxylic acids is 4. The van der Waals surface area contributed by atoms with Gasteiger partial charge in [-0.25, -0.2) is 0 Å². The highest BCUT2D eigenvalue weighted by Gasteiger charge is 2.70. The topological polar surface area (TPSA) is 144 Å². The Labute approximate surface area is 385 Å². The number of carbonyl (C=O) groups is 4. The third-order valence-electron chi connectivity index (χ3n) is 13.2. The quantitative estimate of drug-likeness (QED) is 0.0669. The molecule has 5 aromatic rings. The van der Waals surface area contributed by atoms with Crippen LogP contribution in [-0.4, -0.2) is 68.3 Å². The molecule has 2 N–H and O–H groups in total. The highest BCUT2D eigenvalue weighted by molar-refractivity contribution is 6.36. The van der Waals surface area contributed by atoms with Crippen LogP contribution in [0.15, 0.2) is 121 Å². The fraction of sp³-hybridized carbons (Fsp3) is 0.255. The highest BCUT2D eigenvalue weighted by Crippen LogP contribution is 2.65. The number of amides is 4. The van der Waals surface area contributed by atoms with Gasteiger partial charge in [0, 0.05) is 22.1 Å². The fourth-order valence-corrected chi connectivity index (χ4v) is 10.8. The van der Waals surface area contributed by atoms with E-state index in [4.69, 9.17) is 42.1 Å². The molecule has 12 nitrogen and oxygen atoms in total. The van der Waals surface area contributed by atoms with E-state index in [1.807, 2.05) is 60.7 Å². The Hall–Kier alpha value is -6.60. The summed E-state index contributed by atoms with van der Waals surface area (Å²) >= 11 is 12.8. The van der Waals surface area contributed by atoms with E-state index >= 15 is 9.59 Å². The number of para-hydroxylation sites is 1. The zero-order valence-electron chi connectivity index (χ0n) is 35.7. The second-order valence-electron chi connectivity index (χ2n) is 16.4. The van der Waals surface area contributed by atoms with Crippen LogP contribution in [-0.2, 0) is 24.6 Å². The van der Waals surface area contributed by atoms with Gasteiger partial charge in [-0.05, 0) is 96.6 Å². The molecule has 0 unspecified atom stereocenters. The first-order valence-corrected chi connectivity index (χ1v) is 21.9. The molecule has 0 bridgehead atoms. The average Bonchev–Trinajstić information content (AvgIpc) is 3.71. The molecule has 2 saturated heterocycles. The lowest BCUT2D eigenvalue weighted by atomic mass is 9.49. The number of methoxy groups -OCH3 is 3. The third-order valence-corrected chi connectivity index (χ3v) is 13.8. The minimum Gasteiger partial charge on any atom is -0.497 e. The number of imide groups is 2. The molecule has 2 aliphatic heterocycles. The van der Waals surface area contributed by atoms with Crippen LogP contribution in [0.3, 0.4) is 0 Å². The second kappa shape index (κ2) is 17.8. The van der Waals surface area contributed by atoms with Crippen molar-refractivity contribution in [3.63, 3.8) is 0 Å². The first-order valence-electron chi connectivity index (χ1n) is 21.2. The minimum atomic E-state index is -1.59. The number of aliphatic hydroxyl groups is 1. The van der Waals surface area contributed by atoms with Crippen LogP contribution in [0.2, 0.25) is 10.0 Å². The van der Waals surface area contributed by atoms with E-state index in [1.165, 1.54) is 11.0 Å². The number of fused-ring (bicyclic) bond motifs is 4. The zero-order valence-corrected chi connectivity index (χ0v) is 37.2. The Kier molecular flexibility index (Phi) is 11.9. The number of halogens is 2. The third kappa shape index (κ3) is 7.39. The van der Waals surface area contributed by atoms with Crippen molar-refractivity contribution in [3.8, 4) is 23.0 Å². The molecule has 2 aliphatic carbocycles. The lowest BCUT2D eigenvalue weighted by Gasteiger charge is -2.50. The number of hydrogen-bond donors (Lipinski definition) is 2. The SMILES string of the molecule is COc1ccc([C@@]23C(=O)N(Nc4ccc(Cl)cc4Cl)C(=O)[C@@H]2C[C@@H]2C(=CC[C@@H]4C(=O)N(c5ccc(C=Cc6cc(OC)ccc6OC)cc5)C(=O)[C@@H]42)[C@@H]3c2ccccc2OCCO)cc1. The first kappa shape index (κ1) is 43.6. The molecule has 9 rings (SSSR count). The lowest BCUT2D eigenvalue weighted by Crippen LogP contribution is -2.53. The number of nitrogens with one attached hydrogen (secondary N) is 1. The van der Waals surface area contributed by atoms with E-state index < -0.39 is 46.8 Å². The van der Waals surface area contributed by atoms with Gasteiger partial charge in [0.25, 0.3) is 11.8 Å². The van der Waals surface area contributed by atoms with Gasteiger partial charge in [0.2, 0.25) is 11.8 Å². The molecule has 6 atom stereocenters. The van der Waals surface area contributed by atoms with Crippen LogP contribution in [0.4, 0.5) is 11.4 Å². The molecule has 1 saturated carbocycles. The summed E-state index contributed by atoms with van der Waals surface area (Å²) in [6.07, 6.45) is 6.10. The Morgan fingerprint density at radius 2 is 1.51 bits per heavy atom. The van der Waals surface area contributed by atoms with Gasteiger partial charge in [0.15, 0.2) is 0 Å². The summed E-state index contributed by atoms with van der Waals surface area (Å²) in [5.74, 6) is -3.53. The molecule has 0 spiro atoms. The predicted octanol–water partition coefficient (Wildman–Crippen LogP) is 8.75. The molecule has 2 heterocycles. The molecule has 14 heteroatoms. The van der Waals surface area contributed by atoms with Crippen molar-refractivity contribution in [3.05, 3.63) is 153 Å². The molecule has 5 aromatic carbocycles. The smallest absolute Gasteiger partial charge is 0.260 e. The van der Waals surface area contributed by atoms with Gasteiger partial charge >= 0.3 is 0 Å². The number of anilines is 2. The van der Waals surface area contributed by atoms with Crippen LogP contribution in [0.1, 0.15) is 41.0 Å². The van der Waals surface area contributed by atoms with Crippen LogP contribution in [0.25, 0.3) is 12.2 Å². The lowest BCUT2D eigenvalue weighted by molar-refractivity contribution is -0.138. The van der Waals surface area contributed by atoms with Crippen molar-refractivity contribution in [1.29, 1.82) is 0 Å². The van der Waals surface area contributed by atoms with Crippen molar-refractivity contribution in [2.45, 2.75) is 24.2 Å². The molecule has 4 aliphatic rings. The predicted molar refractivity (Wildman–Crippen MR) is 247 cm³/mol. The summed E-state index contributed by atoms with van der Waals surface area (Å²) in [5, 5.41) is 11.5. The summed E-state index contributed by atoms with van der Waals surface area (Å²) < 4.78 is 22.6. The number of hydrazine groups is 1. The summed E-state index contributed by atoms with van der Waals surface area (Å²) in [4.78, 5) is 61.6. The molecular formula is C51H45Cl2N3O9. The Bertz CT molecular complexity index is 2760. The van der Waals surface area contributed by atoms with Gasteiger partial charge in [-0.3, -0.25) is 29.5 Å². The van der Waals surface area contributed by atoms with Crippen molar-refractivity contribution >= 4 is 70.4 Å². The standard InChI is InChI=1S/C51H45Cl2N3O9/c1-62-34-17-12-31(13-18-34)51-40(48(59)56(50(51)61)54-42-22-14-32(52)27-41(42)53)28-39-36(46(51)37-6-4-5-7-44(37)65-25-24-57)20-21-38-45(39)49(60)55(47(38)58)33-15-9-29(10-16-33)8-11-30-26-35(63-2)19-23-43(30)64-3/h4-20,22-23,26-27,38-40,45-46,54,57H,21,24-25,28H2,1-3H3/t38-,39+,40-,45-,46+,51+/m0/s1. The number of aliphatic hydroxyl groups excluding tert-OH is 1. The maximum absolute atomic E-state index is 15.7. The van der Waals surface area contributed by atoms with E-state index in [2.05, 4.69) is 5.43 Å². The number of rotatable bonds is 13. The van der Waals surface area contributed by atoms with E-state index in [9.17, 15) is 14.7 Å². The van der Waals surface area contributed by atoms with Crippen molar-refractivity contribution in [2.75, 3.05) is 44.9 Å². The van der Waals surface area contributed by atoms with Crippen LogP contribution < -0.4 is 29.3 Å². The number of nitrogens with zero attached hydrogens (tertiary/aromatic N) is 2. The second-order valence-corrected chi connectivity index (χ2v) is 17.2. The van der Waals surface area contributed by atoms with Gasteiger partial charge in [-0.2, -0.15) is 5.01 Å². The van der Waals surface area contributed by atoms with Gasteiger partial charge in [-0.15, -0.1) is 0 Å². The van der Waals surface area contributed by atoms with Crippen molar-refractivity contribution < 1.29 is 43.2 Å². The zero-order chi connectivity index (χ0) is 45.6. The molecule has 332 valence electrons. The number of allylic oxidation sites excluding steroid dienone is 2.